The van der Waals surface area contributed by atoms with E-state index < -0.39 is 6.04 Å². The van der Waals surface area contributed by atoms with Crippen LogP contribution in [0.3, 0.4) is 0 Å². The number of aromatic nitrogens is 2. The molecule has 3 fully saturated rings. The number of rotatable bonds is 10. The summed E-state index contributed by atoms with van der Waals surface area (Å²) in [5, 5.41) is 10.1. The van der Waals surface area contributed by atoms with Crippen LogP contribution in [-0.4, -0.2) is 68.5 Å². The van der Waals surface area contributed by atoms with Crippen molar-refractivity contribution in [1.82, 2.24) is 19.9 Å². The van der Waals surface area contributed by atoms with E-state index in [9.17, 15) is 24.0 Å². The number of H-pyrrole nitrogens is 1. The summed E-state index contributed by atoms with van der Waals surface area (Å²) in [5.41, 5.74) is 1.53. The first-order valence-corrected chi connectivity index (χ1v) is 14.1. The number of benzene rings is 1. The van der Waals surface area contributed by atoms with Crippen molar-refractivity contribution in [2.24, 2.45) is 23.7 Å². The van der Waals surface area contributed by atoms with Crippen molar-refractivity contribution in [3.8, 4) is 0 Å². The monoisotopic (exact) mass is 685 g/mol. The van der Waals surface area contributed by atoms with Crippen LogP contribution in [-0.2, 0) is 67.3 Å². The van der Waals surface area contributed by atoms with Crippen LogP contribution in [0.2, 0.25) is 0 Å². The number of hydrogen-bond donors (Lipinski definition) is 2. The van der Waals surface area contributed by atoms with Gasteiger partial charge in [0.15, 0.2) is 0 Å². The number of nitrogens with one attached hydrogen (secondary N) is 1. The van der Waals surface area contributed by atoms with Gasteiger partial charge in [-0.2, -0.15) is 5.06 Å². The average molecular weight is 686 g/mol. The van der Waals surface area contributed by atoms with Gasteiger partial charge < -0.3 is 25.4 Å². The first-order chi connectivity index (χ1) is 18.3. The molecule has 41 heavy (non-hydrogen) atoms. The van der Waals surface area contributed by atoms with Crippen molar-refractivity contribution in [1.29, 1.82) is 0 Å². The number of nitrogens with zero attached hydrogens (tertiary/aromatic N) is 3. The fourth-order valence-electron chi connectivity index (χ4n) is 6.09. The molecule has 1 aromatic carbocycles. The zero-order chi connectivity index (χ0) is 27.2. The van der Waals surface area contributed by atoms with E-state index in [4.69, 9.17) is 0 Å². The van der Waals surface area contributed by atoms with E-state index >= 15 is 0 Å². The molecule has 2 radical (unpaired) electrons. The normalized spacial score (nSPS) is 23.9. The predicted octanol–water partition coefficient (Wildman–Crippen LogP) is 3.43. The fourth-order valence-corrected chi connectivity index (χ4v) is 6.09. The van der Waals surface area contributed by atoms with Crippen LogP contribution < -0.4 is 5.56 Å². The summed E-state index contributed by atoms with van der Waals surface area (Å²) in [4.78, 5) is 43.0. The van der Waals surface area contributed by atoms with Crippen LogP contribution in [0.25, 0.3) is 11.0 Å². The van der Waals surface area contributed by atoms with Gasteiger partial charge in [-0.15, -0.1) is 0 Å². The molecule has 5 atom stereocenters. The van der Waals surface area contributed by atoms with Crippen molar-refractivity contribution in [2.75, 3.05) is 19.6 Å². The van der Waals surface area contributed by atoms with Gasteiger partial charge in [-0.25, -0.2) is 15.7 Å². The number of aryl methyl sites for hydroxylation is 1. The molecule has 0 spiro atoms. The largest absolute Gasteiger partial charge is 0.540 e. The van der Waals surface area contributed by atoms with E-state index in [-0.39, 0.29) is 86.5 Å². The van der Waals surface area contributed by atoms with Crippen molar-refractivity contribution in [3.63, 3.8) is 0 Å². The van der Waals surface area contributed by atoms with Gasteiger partial charge in [0, 0.05) is 64.4 Å². The maximum absolute atomic E-state index is 13.2. The number of likely N-dealkylation sites (tertiary alicyclic amines) is 1. The number of unbranched alkanes of at least 4 members (excludes halogenated alkanes) is 2. The summed E-state index contributed by atoms with van der Waals surface area (Å²) in [5.74, 6) is 2.72. The molecule has 5 unspecified atom stereocenters. The number of amides is 1. The van der Waals surface area contributed by atoms with Crippen molar-refractivity contribution < 1.29 is 75.9 Å². The van der Waals surface area contributed by atoms with Gasteiger partial charge in [0.25, 0.3) is 5.56 Å². The molecule has 2 saturated carbocycles. The summed E-state index contributed by atoms with van der Waals surface area (Å²) >= 11 is 0. The number of aromatic amines is 1. The van der Waals surface area contributed by atoms with Gasteiger partial charge in [-0.1, -0.05) is 39.2 Å². The average Bonchev–Trinajstić information content (AvgIpc) is 3.42. The molecule has 5 rings (SSSR count). The van der Waals surface area contributed by atoms with E-state index in [1.807, 2.05) is 13.2 Å². The second kappa shape index (κ2) is 18.0. The van der Waals surface area contributed by atoms with E-state index in [0.717, 1.165) is 42.1 Å². The van der Waals surface area contributed by atoms with Gasteiger partial charge in [0.05, 0.1) is 11.0 Å². The Morgan fingerprint density at radius 2 is 2.00 bits per heavy atom. The Labute approximate surface area is 278 Å². The van der Waals surface area contributed by atoms with E-state index in [1.165, 1.54) is 49.1 Å². The minimum atomic E-state index is -0.442. The second-order valence-corrected chi connectivity index (χ2v) is 11.2. The molecule has 4 N–H and O–H groups in total. The van der Waals surface area contributed by atoms with Crippen molar-refractivity contribution in [3.05, 3.63) is 40.1 Å². The predicted molar refractivity (Wildman–Crippen MR) is 146 cm³/mol. The fraction of sp³-hybridized carbons (Fsp3) is 0.655. The van der Waals surface area contributed by atoms with E-state index in [2.05, 4.69) is 9.97 Å². The molecular weight excluding hydrogens is 643 g/mol. The maximum atomic E-state index is 13.2. The van der Waals surface area contributed by atoms with Gasteiger partial charge in [-0.05, 0) is 80.4 Å². The molecule has 2 heterocycles. The van der Waals surface area contributed by atoms with Crippen LogP contribution in [0.4, 0.5) is 4.39 Å². The molecule has 12 heteroatoms. The topological polar surface area (TPSA) is 138 Å². The van der Waals surface area contributed by atoms with Gasteiger partial charge in [0.1, 0.15) is 18.1 Å². The first-order valence-electron chi connectivity index (χ1n) is 14.1. The Bertz CT molecular complexity index is 1190. The van der Waals surface area contributed by atoms with Gasteiger partial charge in [-0.3, -0.25) is 9.59 Å². The van der Waals surface area contributed by atoms with Crippen LogP contribution in [0, 0.1) is 29.5 Å². The third-order valence-electron chi connectivity index (χ3n) is 8.53. The zero-order valence-corrected chi connectivity index (χ0v) is 28.3. The number of hydroxylamine groups is 2. The Balaban J connectivity index is 0.000000414. The summed E-state index contributed by atoms with van der Waals surface area (Å²) in [7, 11) is 0. The number of likely N-dealkylation sites (N-methyl/N-ethyl adjacent to an activating group) is 1. The molecule has 1 aromatic heterocycles. The summed E-state index contributed by atoms with van der Waals surface area (Å²) in [6.45, 7) is 4.60. The SMILES string of the molecule is CCN(O)CC(=O)N1CCC(C)C1[C-]=O.O.O=c1[nH]c2cc(F)ccc2nc1CCCCCC1CCC2CC12.[V].[Y]. The standard InChI is InChI=1S/C19H23FN2O.C10H17N2O3.H2O.V.Y/c20-14-8-9-16-18(11-14)22-19(23)17(21-16)5-3-1-2-4-12-6-7-13-10-15(12)13;1-3-11(15)6-10(14)12-5-4-8(2)9(12)7-13;;;/h8-9,11-13,15H,1-7,10H2,(H,22,23);8-9,15H,3-6H2,1-2H3;1H2;;/q;-1;;;. The molecule has 224 valence electrons. The molecule has 3 aliphatic rings. The Hall–Kier alpha value is -1.00. The smallest absolute Gasteiger partial charge is 0.270 e. The zero-order valence-electron chi connectivity index (χ0n) is 24.0. The Morgan fingerprint density at radius 3 is 2.63 bits per heavy atom. The third-order valence-corrected chi connectivity index (χ3v) is 8.53. The Kier molecular flexibility index (Phi) is 16.7. The Morgan fingerprint density at radius 1 is 1.24 bits per heavy atom. The summed E-state index contributed by atoms with van der Waals surface area (Å²) < 4.78 is 13.2. The number of fused-ring (bicyclic) bond motifs is 2. The molecule has 1 amide bonds. The van der Waals surface area contributed by atoms with Gasteiger partial charge >= 0.3 is 0 Å². The molecule has 1 saturated heterocycles. The van der Waals surface area contributed by atoms with Crippen LogP contribution in [0.1, 0.15) is 70.9 Å². The van der Waals surface area contributed by atoms with E-state index in [1.54, 1.807) is 13.0 Å². The molecule has 2 aromatic rings. The summed E-state index contributed by atoms with van der Waals surface area (Å²) in [6.07, 6.45) is 12.6. The van der Waals surface area contributed by atoms with Gasteiger partial charge in [0.2, 0.25) is 5.91 Å². The summed E-state index contributed by atoms with van der Waals surface area (Å²) in [6, 6.07) is 3.88. The molecule has 9 nitrogen and oxygen atoms in total. The first kappa shape index (κ1) is 38.0. The number of carbonyl (C=O) groups is 1. The molecule has 2 aliphatic carbocycles. The minimum Gasteiger partial charge on any atom is -0.540 e. The number of halogens is 1. The van der Waals surface area contributed by atoms with Crippen LogP contribution in [0.15, 0.2) is 23.0 Å². The van der Waals surface area contributed by atoms with Crippen molar-refractivity contribution in [2.45, 2.75) is 77.7 Å². The van der Waals surface area contributed by atoms with E-state index in [0.29, 0.717) is 36.2 Å². The molecule has 0 bridgehead atoms. The molecular formula is C29H42FN4O5VY-. The second-order valence-electron chi connectivity index (χ2n) is 11.2. The number of carbonyl (C=O) groups excluding carboxylic acids is 2. The molecule has 1 aliphatic heterocycles. The maximum Gasteiger partial charge on any atom is 0.270 e. The van der Waals surface area contributed by atoms with Crippen LogP contribution in [0.5, 0.6) is 0 Å². The third kappa shape index (κ3) is 10.3. The number of hydrogen-bond acceptors (Lipinski definition) is 6. The van der Waals surface area contributed by atoms with Crippen molar-refractivity contribution >= 4 is 23.2 Å². The van der Waals surface area contributed by atoms with Crippen LogP contribution >= 0.6 is 0 Å². The minimum absolute atomic E-state index is 0. The quantitative estimate of drug-likeness (QED) is 0.224.